The van der Waals surface area contributed by atoms with Gasteiger partial charge < -0.3 is 19.8 Å². The first-order valence-electron chi connectivity index (χ1n) is 9.85. The SMILES string of the molecule is COc1ccc(C2/C(=C(/O)c3ccc(Br)cc3)C(=O)C(=O)N2C2CCCC2)cc1O. The normalized spacial score (nSPS) is 21.4. The number of benzene rings is 2. The molecule has 1 saturated carbocycles. The standard InChI is InChI=1S/C23H22BrNO5/c1-30-18-11-8-14(12-17(18)26)20-19(21(27)13-6-9-15(24)10-7-13)22(28)23(29)25(20)16-4-2-3-5-16/h6-12,16,20,26-27H,2-5H2,1H3/b21-19-. The Morgan fingerprint density at radius 1 is 1.10 bits per heavy atom. The van der Waals surface area contributed by atoms with Crippen molar-refractivity contribution in [1.82, 2.24) is 4.90 Å². The molecule has 0 radical (unpaired) electrons. The van der Waals surface area contributed by atoms with Gasteiger partial charge in [0.1, 0.15) is 5.76 Å². The Kier molecular flexibility index (Phi) is 5.56. The number of nitrogens with zero attached hydrogens (tertiary/aromatic N) is 1. The molecule has 2 aliphatic rings. The van der Waals surface area contributed by atoms with E-state index in [0.717, 1.165) is 30.2 Å². The molecule has 6 nitrogen and oxygen atoms in total. The molecule has 1 amide bonds. The number of amides is 1. The molecule has 7 heteroatoms. The number of aliphatic hydroxyl groups excluding tert-OH is 1. The fourth-order valence-electron chi connectivity index (χ4n) is 4.38. The van der Waals surface area contributed by atoms with E-state index >= 15 is 0 Å². The topological polar surface area (TPSA) is 87.1 Å². The van der Waals surface area contributed by atoms with Crippen LogP contribution >= 0.6 is 15.9 Å². The lowest BCUT2D eigenvalue weighted by atomic mass is 9.94. The second kappa shape index (κ2) is 8.14. The minimum Gasteiger partial charge on any atom is -0.507 e. The molecule has 0 spiro atoms. The first-order chi connectivity index (χ1) is 14.4. The molecule has 2 aromatic rings. The van der Waals surface area contributed by atoms with Crippen molar-refractivity contribution in [2.45, 2.75) is 37.8 Å². The Labute approximate surface area is 182 Å². The first-order valence-corrected chi connectivity index (χ1v) is 10.6. The predicted octanol–water partition coefficient (Wildman–Crippen LogP) is 4.53. The van der Waals surface area contributed by atoms with Crippen molar-refractivity contribution in [1.29, 1.82) is 0 Å². The molecule has 2 aromatic carbocycles. The molecule has 0 bridgehead atoms. The van der Waals surface area contributed by atoms with Crippen molar-refractivity contribution in [2.75, 3.05) is 7.11 Å². The molecular weight excluding hydrogens is 450 g/mol. The summed E-state index contributed by atoms with van der Waals surface area (Å²) >= 11 is 3.36. The molecule has 156 valence electrons. The van der Waals surface area contributed by atoms with E-state index in [-0.39, 0.29) is 23.1 Å². The van der Waals surface area contributed by atoms with E-state index in [2.05, 4.69) is 15.9 Å². The number of ether oxygens (including phenoxy) is 1. The van der Waals surface area contributed by atoms with Gasteiger partial charge in [0.25, 0.3) is 11.7 Å². The Morgan fingerprint density at radius 3 is 2.37 bits per heavy atom. The van der Waals surface area contributed by atoms with Crippen LogP contribution in [-0.4, -0.2) is 40.0 Å². The highest BCUT2D eigenvalue weighted by molar-refractivity contribution is 9.10. The Balaban J connectivity index is 1.89. The Bertz CT molecular complexity index is 1020. The lowest BCUT2D eigenvalue weighted by molar-refractivity contribution is -0.141. The van der Waals surface area contributed by atoms with Crippen LogP contribution < -0.4 is 4.74 Å². The van der Waals surface area contributed by atoms with Gasteiger partial charge in [0.15, 0.2) is 11.5 Å². The van der Waals surface area contributed by atoms with Gasteiger partial charge in [-0.1, -0.05) is 47.0 Å². The molecule has 0 aromatic heterocycles. The highest BCUT2D eigenvalue weighted by atomic mass is 79.9. The number of hydrogen-bond acceptors (Lipinski definition) is 5. The van der Waals surface area contributed by atoms with E-state index in [1.54, 1.807) is 41.3 Å². The van der Waals surface area contributed by atoms with Crippen LogP contribution in [0.25, 0.3) is 5.76 Å². The van der Waals surface area contributed by atoms with Crippen LogP contribution in [0, 0.1) is 0 Å². The molecule has 1 heterocycles. The van der Waals surface area contributed by atoms with Crippen LogP contribution in [0.4, 0.5) is 0 Å². The summed E-state index contributed by atoms with van der Waals surface area (Å²) in [5.74, 6) is -1.33. The van der Waals surface area contributed by atoms with E-state index in [1.165, 1.54) is 13.2 Å². The molecule has 1 unspecified atom stereocenters. The van der Waals surface area contributed by atoms with Gasteiger partial charge in [-0.3, -0.25) is 9.59 Å². The number of phenolic OH excluding ortho intramolecular Hbond substituents is 1. The number of hydrogen-bond donors (Lipinski definition) is 2. The van der Waals surface area contributed by atoms with Gasteiger partial charge >= 0.3 is 0 Å². The lowest BCUT2D eigenvalue weighted by Gasteiger charge is -2.31. The fraction of sp³-hybridized carbons (Fsp3) is 0.304. The van der Waals surface area contributed by atoms with Crippen LogP contribution in [0.15, 0.2) is 52.5 Å². The zero-order chi connectivity index (χ0) is 21.4. The monoisotopic (exact) mass is 471 g/mol. The van der Waals surface area contributed by atoms with Crippen molar-refractivity contribution < 1.29 is 24.5 Å². The van der Waals surface area contributed by atoms with E-state index in [4.69, 9.17) is 4.74 Å². The molecule has 4 rings (SSSR count). The Hall–Kier alpha value is -2.80. The van der Waals surface area contributed by atoms with Crippen LogP contribution in [-0.2, 0) is 9.59 Å². The second-order valence-electron chi connectivity index (χ2n) is 7.58. The lowest BCUT2D eigenvalue weighted by Crippen LogP contribution is -2.37. The Morgan fingerprint density at radius 2 is 1.77 bits per heavy atom. The summed E-state index contributed by atoms with van der Waals surface area (Å²) in [6, 6.07) is 10.8. The third-order valence-electron chi connectivity index (χ3n) is 5.83. The number of likely N-dealkylation sites (tertiary alicyclic amines) is 1. The van der Waals surface area contributed by atoms with Crippen molar-refractivity contribution in [3.8, 4) is 11.5 Å². The zero-order valence-corrected chi connectivity index (χ0v) is 18.1. The van der Waals surface area contributed by atoms with Gasteiger partial charge in [0.05, 0.1) is 18.7 Å². The number of rotatable bonds is 4. The summed E-state index contributed by atoms with van der Waals surface area (Å²) in [6.45, 7) is 0. The van der Waals surface area contributed by atoms with Gasteiger partial charge in [-0.2, -0.15) is 0 Å². The molecule has 1 aliphatic heterocycles. The average Bonchev–Trinajstić information content (AvgIpc) is 3.35. The largest absolute Gasteiger partial charge is 0.507 e. The highest BCUT2D eigenvalue weighted by Crippen LogP contribution is 2.45. The molecule has 2 N–H and O–H groups in total. The van der Waals surface area contributed by atoms with Crippen LogP contribution in [0.1, 0.15) is 42.9 Å². The summed E-state index contributed by atoms with van der Waals surface area (Å²) in [6.07, 6.45) is 3.59. The minimum absolute atomic E-state index is 0.0405. The third kappa shape index (κ3) is 3.47. The van der Waals surface area contributed by atoms with Crippen LogP contribution in [0.3, 0.4) is 0 Å². The van der Waals surface area contributed by atoms with Crippen molar-refractivity contribution in [3.63, 3.8) is 0 Å². The number of ketones is 1. The number of carbonyl (C=O) groups is 2. The molecule has 1 aliphatic carbocycles. The number of methoxy groups -OCH3 is 1. The molecule has 2 fully saturated rings. The van der Waals surface area contributed by atoms with Gasteiger partial charge in [-0.25, -0.2) is 0 Å². The predicted molar refractivity (Wildman–Crippen MR) is 115 cm³/mol. The van der Waals surface area contributed by atoms with E-state index < -0.39 is 17.7 Å². The second-order valence-corrected chi connectivity index (χ2v) is 8.50. The summed E-state index contributed by atoms with van der Waals surface area (Å²) in [5.41, 5.74) is 1.04. The average molecular weight is 472 g/mol. The molecule has 1 saturated heterocycles. The maximum Gasteiger partial charge on any atom is 0.295 e. The maximum absolute atomic E-state index is 13.0. The van der Waals surface area contributed by atoms with Crippen LogP contribution in [0.2, 0.25) is 0 Å². The van der Waals surface area contributed by atoms with Crippen molar-refractivity contribution in [3.05, 3.63) is 63.6 Å². The summed E-state index contributed by atoms with van der Waals surface area (Å²) in [7, 11) is 1.45. The number of aromatic hydroxyl groups is 1. The molecule has 30 heavy (non-hydrogen) atoms. The first kappa shape index (κ1) is 20.5. The van der Waals surface area contributed by atoms with E-state index in [9.17, 15) is 19.8 Å². The van der Waals surface area contributed by atoms with Gasteiger partial charge in [0, 0.05) is 16.1 Å². The van der Waals surface area contributed by atoms with Crippen molar-refractivity contribution in [2.24, 2.45) is 0 Å². The summed E-state index contributed by atoms with van der Waals surface area (Å²) < 4.78 is 5.96. The van der Waals surface area contributed by atoms with Gasteiger partial charge in [-0.15, -0.1) is 0 Å². The number of phenols is 1. The van der Waals surface area contributed by atoms with E-state index in [1.807, 2.05) is 0 Å². The fourth-order valence-corrected chi connectivity index (χ4v) is 4.64. The highest BCUT2D eigenvalue weighted by Gasteiger charge is 2.49. The van der Waals surface area contributed by atoms with Gasteiger partial charge in [-0.05, 0) is 42.7 Å². The quantitative estimate of drug-likeness (QED) is 0.388. The number of Topliss-reactive ketones (excluding diaryl/α,β-unsaturated/α-hetero) is 1. The van der Waals surface area contributed by atoms with Crippen LogP contribution in [0.5, 0.6) is 11.5 Å². The molecular formula is C23H22BrNO5. The summed E-state index contributed by atoms with van der Waals surface area (Å²) in [4.78, 5) is 27.6. The smallest absolute Gasteiger partial charge is 0.295 e. The number of aliphatic hydroxyl groups is 1. The van der Waals surface area contributed by atoms with Crippen molar-refractivity contribution >= 4 is 33.4 Å². The third-order valence-corrected chi connectivity index (χ3v) is 6.36. The number of carbonyl (C=O) groups excluding carboxylic acids is 2. The minimum atomic E-state index is -0.770. The summed E-state index contributed by atoms with van der Waals surface area (Å²) in [5, 5.41) is 21.3. The number of halogens is 1. The van der Waals surface area contributed by atoms with E-state index in [0.29, 0.717) is 16.9 Å². The maximum atomic E-state index is 13.0. The van der Waals surface area contributed by atoms with Gasteiger partial charge in [0.2, 0.25) is 0 Å². The molecule has 1 atom stereocenters. The zero-order valence-electron chi connectivity index (χ0n) is 16.5.